The van der Waals surface area contributed by atoms with Gasteiger partial charge in [0, 0.05) is 6.54 Å². The van der Waals surface area contributed by atoms with Crippen molar-refractivity contribution in [2.75, 3.05) is 13.2 Å². The van der Waals surface area contributed by atoms with Crippen molar-refractivity contribution in [3.05, 3.63) is 0 Å². The van der Waals surface area contributed by atoms with Gasteiger partial charge in [0.05, 0.1) is 6.67 Å². The molecule has 4 nitrogen and oxygen atoms in total. The Kier molecular flexibility index (Phi) is 3.16. The van der Waals surface area contributed by atoms with Gasteiger partial charge < -0.3 is 4.90 Å². The quantitative estimate of drug-likeness (QED) is 0.589. The molecule has 1 saturated heterocycles. The van der Waals surface area contributed by atoms with Gasteiger partial charge >= 0.3 is 6.03 Å². The van der Waals surface area contributed by atoms with E-state index in [1.165, 1.54) is 12.8 Å². The number of carbonyl (C=O) groups excluding carboxylic acids is 1. The Morgan fingerprint density at radius 2 is 2.36 bits per heavy atom. The van der Waals surface area contributed by atoms with Crippen LogP contribution in [0.5, 0.6) is 0 Å². The first-order valence-corrected chi connectivity index (χ1v) is 4.12. The average Bonchev–Trinajstić information content (AvgIpc) is 2.37. The van der Waals surface area contributed by atoms with Gasteiger partial charge in [-0.3, -0.25) is 5.43 Å². The van der Waals surface area contributed by atoms with Crippen LogP contribution in [-0.2, 0) is 0 Å². The lowest BCUT2D eigenvalue weighted by Crippen LogP contribution is -2.29. The SMILES string of the molecule is CCCCCN1CNNC1=O. The van der Waals surface area contributed by atoms with Crippen molar-refractivity contribution in [1.29, 1.82) is 0 Å². The molecule has 0 radical (unpaired) electrons. The maximum absolute atomic E-state index is 10.9. The summed E-state index contributed by atoms with van der Waals surface area (Å²) in [5.74, 6) is 0. The van der Waals surface area contributed by atoms with E-state index in [1.54, 1.807) is 4.90 Å². The summed E-state index contributed by atoms with van der Waals surface area (Å²) < 4.78 is 0. The lowest BCUT2D eigenvalue weighted by atomic mass is 10.2. The predicted octanol–water partition coefficient (Wildman–Crippen LogP) is 0.664. The Morgan fingerprint density at radius 1 is 1.55 bits per heavy atom. The van der Waals surface area contributed by atoms with Gasteiger partial charge in [-0.2, -0.15) is 0 Å². The maximum atomic E-state index is 10.9. The van der Waals surface area contributed by atoms with Crippen molar-refractivity contribution in [2.24, 2.45) is 0 Å². The van der Waals surface area contributed by atoms with Crippen LogP contribution in [0.25, 0.3) is 0 Å². The lowest BCUT2D eigenvalue weighted by Gasteiger charge is -2.11. The summed E-state index contributed by atoms with van der Waals surface area (Å²) in [7, 11) is 0. The summed E-state index contributed by atoms with van der Waals surface area (Å²) >= 11 is 0. The summed E-state index contributed by atoms with van der Waals surface area (Å²) in [6.07, 6.45) is 3.50. The molecule has 0 aromatic carbocycles. The number of nitrogens with one attached hydrogen (secondary N) is 2. The zero-order valence-electron chi connectivity index (χ0n) is 6.89. The fourth-order valence-corrected chi connectivity index (χ4v) is 1.09. The third-order valence-corrected chi connectivity index (χ3v) is 1.78. The van der Waals surface area contributed by atoms with Gasteiger partial charge in [-0.15, -0.1) is 0 Å². The minimum atomic E-state index is 0.00102. The van der Waals surface area contributed by atoms with E-state index in [-0.39, 0.29) is 6.03 Å². The fraction of sp³-hybridized carbons (Fsp3) is 0.857. The molecule has 0 atom stereocenters. The average molecular weight is 157 g/mol. The van der Waals surface area contributed by atoms with Gasteiger partial charge in [-0.1, -0.05) is 19.8 Å². The van der Waals surface area contributed by atoms with E-state index >= 15 is 0 Å². The van der Waals surface area contributed by atoms with Crippen molar-refractivity contribution in [3.63, 3.8) is 0 Å². The molecular weight excluding hydrogens is 142 g/mol. The third-order valence-electron chi connectivity index (χ3n) is 1.78. The molecule has 0 aromatic rings. The van der Waals surface area contributed by atoms with Crippen LogP contribution in [0.2, 0.25) is 0 Å². The van der Waals surface area contributed by atoms with Gasteiger partial charge in [-0.25, -0.2) is 10.2 Å². The summed E-state index contributed by atoms with van der Waals surface area (Å²) in [4.78, 5) is 12.7. The topological polar surface area (TPSA) is 44.4 Å². The molecule has 0 unspecified atom stereocenters. The highest BCUT2D eigenvalue weighted by molar-refractivity contribution is 5.75. The van der Waals surface area contributed by atoms with E-state index in [2.05, 4.69) is 17.8 Å². The molecule has 1 rings (SSSR count). The number of carbonyl (C=O) groups is 1. The van der Waals surface area contributed by atoms with Crippen LogP contribution in [0.4, 0.5) is 4.79 Å². The second kappa shape index (κ2) is 4.18. The Labute approximate surface area is 66.9 Å². The third kappa shape index (κ3) is 2.38. The second-order valence-corrected chi connectivity index (χ2v) is 2.74. The summed E-state index contributed by atoms with van der Waals surface area (Å²) in [5, 5.41) is 0. The van der Waals surface area contributed by atoms with Crippen LogP contribution in [0, 0.1) is 0 Å². The monoisotopic (exact) mass is 157 g/mol. The first kappa shape index (κ1) is 8.33. The molecule has 11 heavy (non-hydrogen) atoms. The summed E-state index contributed by atoms with van der Waals surface area (Å²) in [5.41, 5.74) is 5.31. The summed E-state index contributed by atoms with van der Waals surface area (Å²) in [6.45, 7) is 3.66. The minimum absolute atomic E-state index is 0.00102. The van der Waals surface area contributed by atoms with Crippen LogP contribution in [0.3, 0.4) is 0 Å². The number of urea groups is 1. The molecule has 0 saturated carbocycles. The second-order valence-electron chi connectivity index (χ2n) is 2.74. The first-order chi connectivity index (χ1) is 5.34. The lowest BCUT2D eigenvalue weighted by molar-refractivity contribution is 0.216. The number of nitrogens with zero attached hydrogens (tertiary/aromatic N) is 1. The van der Waals surface area contributed by atoms with Crippen molar-refractivity contribution >= 4 is 6.03 Å². The molecule has 64 valence electrons. The zero-order valence-corrected chi connectivity index (χ0v) is 6.89. The predicted molar refractivity (Wildman–Crippen MR) is 42.8 cm³/mol. The number of amides is 2. The molecule has 0 bridgehead atoms. The number of hydrogen-bond donors (Lipinski definition) is 2. The number of hydrogen-bond acceptors (Lipinski definition) is 2. The first-order valence-electron chi connectivity index (χ1n) is 4.12. The van der Waals surface area contributed by atoms with Crippen LogP contribution >= 0.6 is 0 Å². The molecule has 1 fully saturated rings. The van der Waals surface area contributed by atoms with E-state index in [0.717, 1.165) is 13.0 Å². The van der Waals surface area contributed by atoms with Gasteiger partial charge in [0.1, 0.15) is 0 Å². The van der Waals surface area contributed by atoms with Crippen LogP contribution in [0.15, 0.2) is 0 Å². The van der Waals surface area contributed by atoms with E-state index in [1.807, 2.05) is 0 Å². The maximum Gasteiger partial charge on any atom is 0.332 e. The van der Waals surface area contributed by atoms with Gasteiger partial charge in [0.25, 0.3) is 0 Å². The van der Waals surface area contributed by atoms with E-state index < -0.39 is 0 Å². The van der Waals surface area contributed by atoms with Crippen molar-refractivity contribution in [2.45, 2.75) is 26.2 Å². The molecular formula is C7H15N3O. The molecule has 0 spiro atoms. The zero-order chi connectivity index (χ0) is 8.10. The summed E-state index contributed by atoms with van der Waals surface area (Å²) in [6, 6.07) is 0.00102. The molecule has 1 aliphatic heterocycles. The van der Waals surface area contributed by atoms with E-state index in [0.29, 0.717) is 6.67 Å². The Hall–Kier alpha value is -0.770. The van der Waals surface area contributed by atoms with Gasteiger partial charge in [0.2, 0.25) is 0 Å². The molecule has 4 heteroatoms. The standard InChI is InChI=1S/C7H15N3O/c1-2-3-4-5-10-6-8-9-7(10)11/h8H,2-6H2,1H3,(H,9,11). The van der Waals surface area contributed by atoms with Crippen molar-refractivity contribution in [1.82, 2.24) is 15.8 Å². The highest BCUT2D eigenvalue weighted by Gasteiger charge is 2.17. The normalized spacial score (nSPS) is 17.2. The molecule has 1 aliphatic rings. The molecule has 2 amide bonds. The smallest absolute Gasteiger partial charge is 0.309 e. The number of hydrazine groups is 1. The van der Waals surface area contributed by atoms with Gasteiger partial charge in [0.15, 0.2) is 0 Å². The van der Waals surface area contributed by atoms with Crippen molar-refractivity contribution in [3.8, 4) is 0 Å². The highest BCUT2D eigenvalue weighted by atomic mass is 16.2. The van der Waals surface area contributed by atoms with Crippen LogP contribution in [-0.4, -0.2) is 24.1 Å². The highest BCUT2D eigenvalue weighted by Crippen LogP contribution is 1.99. The number of unbranched alkanes of at least 4 members (excludes halogenated alkanes) is 2. The molecule has 0 aromatic heterocycles. The molecule has 1 heterocycles. The Morgan fingerprint density at radius 3 is 2.91 bits per heavy atom. The molecule has 0 aliphatic carbocycles. The van der Waals surface area contributed by atoms with Gasteiger partial charge in [-0.05, 0) is 6.42 Å². The van der Waals surface area contributed by atoms with Crippen LogP contribution < -0.4 is 10.9 Å². The fourth-order valence-electron chi connectivity index (χ4n) is 1.09. The Bertz CT molecular complexity index is 138. The molecule has 2 N–H and O–H groups in total. The minimum Gasteiger partial charge on any atom is -0.309 e. The van der Waals surface area contributed by atoms with E-state index in [4.69, 9.17) is 0 Å². The Balaban J connectivity index is 2.10. The van der Waals surface area contributed by atoms with Crippen molar-refractivity contribution < 1.29 is 4.79 Å². The number of rotatable bonds is 4. The van der Waals surface area contributed by atoms with Crippen LogP contribution in [0.1, 0.15) is 26.2 Å². The van der Waals surface area contributed by atoms with E-state index in [9.17, 15) is 4.79 Å². The largest absolute Gasteiger partial charge is 0.332 e.